The van der Waals surface area contributed by atoms with Crippen molar-refractivity contribution in [2.24, 2.45) is 5.92 Å². The minimum Gasteiger partial charge on any atom is -0.496 e. The van der Waals surface area contributed by atoms with Crippen LogP contribution in [-0.2, 0) is 4.74 Å². The zero-order chi connectivity index (χ0) is 10.5. The molecule has 0 spiro atoms. The van der Waals surface area contributed by atoms with Gasteiger partial charge >= 0.3 is 0 Å². The predicted octanol–water partition coefficient (Wildman–Crippen LogP) is 2.85. The molecule has 0 amide bonds. The fourth-order valence-electron chi connectivity index (χ4n) is 2.91. The van der Waals surface area contributed by atoms with E-state index in [1.54, 1.807) is 0 Å². The number of rotatable bonds is 3. The lowest BCUT2D eigenvalue weighted by atomic mass is 9.90. The quantitative estimate of drug-likeness (QED) is 0.722. The van der Waals surface area contributed by atoms with Crippen LogP contribution in [0.4, 0.5) is 0 Å². The molecule has 0 radical (unpaired) electrons. The van der Waals surface area contributed by atoms with Gasteiger partial charge in [0, 0.05) is 6.42 Å². The minimum atomic E-state index is 0.477. The normalized spacial score (nSPS) is 25.5. The molecule has 0 aromatic heterocycles. The van der Waals surface area contributed by atoms with Gasteiger partial charge in [0.15, 0.2) is 0 Å². The van der Waals surface area contributed by atoms with E-state index in [9.17, 15) is 0 Å². The molecule has 2 heteroatoms. The molecule has 1 fully saturated rings. The van der Waals surface area contributed by atoms with Crippen LogP contribution >= 0.6 is 0 Å². The third-order valence-electron chi connectivity index (χ3n) is 3.72. The van der Waals surface area contributed by atoms with E-state index in [2.05, 4.69) is 18.4 Å². The van der Waals surface area contributed by atoms with Crippen LogP contribution in [0.25, 0.3) is 0 Å². The summed E-state index contributed by atoms with van der Waals surface area (Å²) in [7, 11) is 2.07. The van der Waals surface area contributed by atoms with Crippen LogP contribution in [0, 0.1) is 5.92 Å². The first-order valence-electron chi connectivity index (χ1n) is 6.42. The van der Waals surface area contributed by atoms with E-state index in [0.717, 1.165) is 18.9 Å². The van der Waals surface area contributed by atoms with Gasteiger partial charge in [0.25, 0.3) is 0 Å². The lowest BCUT2D eigenvalue weighted by Gasteiger charge is -2.26. The Balaban J connectivity index is 1.97. The summed E-state index contributed by atoms with van der Waals surface area (Å²) in [5.74, 6) is 2.01. The van der Waals surface area contributed by atoms with Crippen molar-refractivity contribution in [3.8, 4) is 0 Å². The van der Waals surface area contributed by atoms with Gasteiger partial charge in [-0.3, -0.25) is 0 Å². The molecule has 2 aliphatic rings. The Morgan fingerprint density at radius 2 is 2.00 bits per heavy atom. The van der Waals surface area contributed by atoms with Crippen LogP contribution in [0.2, 0.25) is 0 Å². The molecule has 86 valence electrons. The Hall–Kier alpha value is -0.500. The van der Waals surface area contributed by atoms with Gasteiger partial charge in [-0.1, -0.05) is 25.7 Å². The number of hydrogen-bond donors (Lipinski definition) is 1. The van der Waals surface area contributed by atoms with Crippen molar-refractivity contribution >= 4 is 0 Å². The average Bonchev–Trinajstić information content (AvgIpc) is 2.63. The highest BCUT2D eigenvalue weighted by molar-refractivity contribution is 5.09. The highest BCUT2D eigenvalue weighted by Crippen LogP contribution is 2.30. The molecule has 1 unspecified atom stereocenters. The first-order valence-corrected chi connectivity index (χ1v) is 6.42. The molecule has 1 atom stereocenters. The van der Waals surface area contributed by atoms with Gasteiger partial charge < -0.3 is 10.1 Å². The molecule has 1 saturated carbocycles. The van der Waals surface area contributed by atoms with Gasteiger partial charge in [0.2, 0.25) is 0 Å². The highest BCUT2D eigenvalue weighted by atomic mass is 16.5. The van der Waals surface area contributed by atoms with Crippen molar-refractivity contribution in [1.29, 1.82) is 0 Å². The molecule has 1 aliphatic carbocycles. The summed E-state index contributed by atoms with van der Waals surface area (Å²) in [5, 5.41) is 3.45. The van der Waals surface area contributed by atoms with Crippen LogP contribution < -0.4 is 5.32 Å². The average molecular weight is 209 g/mol. The summed E-state index contributed by atoms with van der Waals surface area (Å²) < 4.78 is 5.70. The summed E-state index contributed by atoms with van der Waals surface area (Å²) >= 11 is 0. The van der Waals surface area contributed by atoms with Gasteiger partial charge in [-0.05, 0) is 31.9 Å². The number of nitrogens with one attached hydrogen (secondary N) is 1. The standard InChI is InChI=1S/C13H23NO/c1-14-13(12-9-6-10-15-12)11-7-4-2-3-5-8-11/h9,11,13-14H,2-8,10H2,1H3. The van der Waals surface area contributed by atoms with Gasteiger partial charge in [-0.2, -0.15) is 0 Å². The number of likely N-dealkylation sites (N-methyl/N-ethyl adjacent to an activating group) is 1. The molecule has 2 rings (SSSR count). The molecular weight excluding hydrogens is 186 g/mol. The Morgan fingerprint density at radius 1 is 1.27 bits per heavy atom. The summed E-state index contributed by atoms with van der Waals surface area (Å²) in [6.45, 7) is 0.889. The van der Waals surface area contributed by atoms with E-state index in [4.69, 9.17) is 4.74 Å². The van der Waals surface area contributed by atoms with Crippen molar-refractivity contribution in [1.82, 2.24) is 5.32 Å². The molecule has 1 N–H and O–H groups in total. The maximum absolute atomic E-state index is 5.70. The zero-order valence-corrected chi connectivity index (χ0v) is 9.80. The second kappa shape index (κ2) is 5.55. The van der Waals surface area contributed by atoms with Gasteiger partial charge in [0.05, 0.1) is 12.6 Å². The zero-order valence-electron chi connectivity index (χ0n) is 9.80. The van der Waals surface area contributed by atoms with Crippen molar-refractivity contribution in [2.45, 2.75) is 51.0 Å². The van der Waals surface area contributed by atoms with Crippen LogP contribution in [0.3, 0.4) is 0 Å². The van der Waals surface area contributed by atoms with Crippen LogP contribution in [0.15, 0.2) is 11.8 Å². The third kappa shape index (κ3) is 2.75. The molecular formula is C13H23NO. The Bertz CT molecular complexity index is 217. The van der Waals surface area contributed by atoms with E-state index < -0.39 is 0 Å². The lowest BCUT2D eigenvalue weighted by Crippen LogP contribution is -2.35. The summed E-state index contributed by atoms with van der Waals surface area (Å²) in [5.41, 5.74) is 0. The lowest BCUT2D eigenvalue weighted by molar-refractivity contribution is 0.190. The van der Waals surface area contributed by atoms with Crippen LogP contribution in [0.5, 0.6) is 0 Å². The maximum atomic E-state index is 5.70. The van der Waals surface area contributed by atoms with E-state index in [0.29, 0.717) is 6.04 Å². The van der Waals surface area contributed by atoms with Crippen LogP contribution in [0.1, 0.15) is 44.9 Å². The van der Waals surface area contributed by atoms with Crippen molar-refractivity contribution < 1.29 is 4.74 Å². The second-order valence-electron chi connectivity index (χ2n) is 4.76. The minimum absolute atomic E-state index is 0.477. The van der Waals surface area contributed by atoms with Crippen molar-refractivity contribution in [3.05, 3.63) is 11.8 Å². The highest BCUT2D eigenvalue weighted by Gasteiger charge is 2.26. The first-order chi connectivity index (χ1) is 7.42. The molecule has 2 nitrogen and oxygen atoms in total. The largest absolute Gasteiger partial charge is 0.496 e. The smallest absolute Gasteiger partial charge is 0.109 e. The first kappa shape index (κ1) is 11.0. The maximum Gasteiger partial charge on any atom is 0.109 e. The topological polar surface area (TPSA) is 21.3 Å². The Kier molecular flexibility index (Phi) is 4.07. The van der Waals surface area contributed by atoms with E-state index in [1.807, 2.05) is 0 Å². The number of ether oxygens (including phenoxy) is 1. The summed E-state index contributed by atoms with van der Waals surface area (Å²) in [6, 6.07) is 0.477. The summed E-state index contributed by atoms with van der Waals surface area (Å²) in [6.07, 6.45) is 11.7. The predicted molar refractivity (Wildman–Crippen MR) is 62.7 cm³/mol. The van der Waals surface area contributed by atoms with Crippen molar-refractivity contribution in [2.75, 3.05) is 13.7 Å². The molecule has 0 bridgehead atoms. The van der Waals surface area contributed by atoms with Gasteiger partial charge in [-0.15, -0.1) is 0 Å². The van der Waals surface area contributed by atoms with Gasteiger partial charge in [0.1, 0.15) is 5.76 Å². The van der Waals surface area contributed by atoms with E-state index >= 15 is 0 Å². The molecule has 1 aliphatic heterocycles. The number of hydrogen-bond acceptors (Lipinski definition) is 2. The summed E-state index contributed by atoms with van der Waals surface area (Å²) in [4.78, 5) is 0. The van der Waals surface area contributed by atoms with E-state index in [1.165, 1.54) is 44.3 Å². The third-order valence-corrected chi connectivity index (χ3v) is 3.72. The monoisotopic (exact) mass is 209 g/mol. The van der Waals surface area contributed by atoms with E-state index in [-0.39, 0.29) is 0 Å². The molecule has 0 saturated heterocycles. The fraction of sp³-hybridized carbons (Fsp3) is 0.846. The second-order valence-corrected chi connectivity index (χ2v) is 4.76. The fourth-order valence-corrected chi connectivity index (χ4v) is 2.91. The van der Waals surface area contributed by atoms with Crippen molar-refractivity contribution in [3.63, 3.8) is 0 Å². The van der Waals surface area contributed by atoms with Crippen LogP contribution in [-0.4, -0.2) is 19.7 Å². The molecule has 0 aromatic rings. The Labute approximate surface area is 93.1 Å². The van der Waals surface area contributed by atoms with Gasteiger partial charge in [-0.25, -0.2) is 0 Å². The molecule has 15 heavy (non-hydrogen) atoms. The SMILES string of the molecule is CNC(C1=CCCO1)C1CCCCCC1. The molecule has 1 heterocycles. The molecule has 0 aromatic carbocycles. The Morgan fingerprint density at radius 3 is 2.53 bits per heavy atom.